The summed E-state index contributed by atoms with van der Waals surface area (Å²) in [6.45, 7) is 4.73. The number of hydrogen-bond acceptors (Lipinski definition) is 4. The van der Waals surface area contributed by atoms with Crippen molar-refractivity contribution in [3.8, 4) is 0 Å². The fraction of sp³-hybridized carbons (Fsp3) is 0.250. The number of hydrogen-bond donors (Lipinski definition) is 2. The molecule has 0 saturated heterocycles. The van der Waals surface area contributed by atoms with Gasteiger partial charge in [0, 0.05) is 9.75 Å². The molecule has 3 nitrogen and oxygen atoms in total. The first-order chi connectivity index (χ1) is 8.08. The highest BCUT2D eigenvalue weighted by Gasteiger charge is 2.11. The number of carbonyl (C=O) groups is 1. The molecule has 0 atom stereocenters. The quantitative estimate of drug-likeness (QED) is 0.897. The highest BCUT2D eigenvalue weighted by atomic mass is 32.1. The Kier molecular flexibility index (Phi) is 3.49. The molecule has 2 aromatic rings. The van der Waals surface area contributed by atoms with Gasteiger partial charge in [-0.05, 0) is 36.9 Å². The second kappa shape index (κ2) is 4.89. The normalized spacial score (nSPS) is 10.5. The summed E-state index contributed by atoms with van der Waals surface area (Å²) in [6, 6.07) is 3.86. The molecule has 5 heteroatoms. The minimum Gasteiger partial charge on any atom is -0.397 e. The van der Waals surface area contributed by atoms with E-state index in [1.807, 2.05) is 5.38 Å². The molecule has 2 heterocycles. The van der Waals surface area contributed by atoms with Gasteiger partial charge in [0.2, 0.25) is 0 Å². The Balaban J connectivity index is 1.99. The van der Waals surface area contributed by atoms with Crippen LogP contribution < -0.4 is 11.1 Å². The SMILES string of the molecule is Cc1cc(CNC(=O)c2sccc2N)sc1C. The topological polar surface area (TPSA) is 55.1 Å². The van der Waals surface area contributed by atoms with Crippen LogP contribution in [0.4, 0.5) is 5.69 Å². The third kappa shape index (κ3) is 2.68. The van der Waals surface area contributed by atoms with Crippen molar-refractivity contribution in [1.82, 2.24) is 5.32 Å². The Hall–Kier alpha value is -1.33. The van der Waals surface area contributed by atoms with Gasteiger partial charge in [0.25, 0.3) is 5.91 Å². The van der Waals surface area contributed by atoms with Crippen molar-refractivity contribution in [2.45, 2.75) is 20.4 Å². The second-order valence-corrected chi connectivity index (χ2v) is 6.10. The van der Waals surface area contributed by atoms with Gasteiger partial charge in [0.05, 0.1) is 12.2 Å². The van der Waals surface area contributed by atoms with Crippen LogP contribution in [-0.2, 0) is 6.54 Å². The molecule has 0 aliphatic rings. The van der Waals surface area contributed by atoms with E-state index >= 15 is 0 Å². The first-order valence-corrected chi connectivity index (χ1v) is 6.94. The molecule has 1 amide bonds. The summed E-state index contributed by atoms with van der Waals surface area (Å²) in [4.78, 5) is 14.9. The molecule has 0 fully saturated rings. The predicted octanol–water partition coefficient (Wildman–Crippen LogP) is 2.94. The molecule has 0 spiro atoms. The van der Waals surface area contributed by atoms with Crippen molar-refractivity contribution in [2.24, 2.45) is 0 Å². The molecule has 0 aliphatic heterocycles. The summed E-state index contributed by atoms with van der Waals surface area (Å²) in [5.74, 6) is -0.0961. The van der Waals surface area contributed by atoms with Crippen molar-refractivity contribution in [3.63, 3.8) is 0 Å². The molecule has 0 saturated carbocycles. The number of aryl methyl sites for hydroxylation is 2. The summed E-state index contributed by atoms with van der Waals surface area (Å²) < 4.78 is 0. The maximum Gasteiger partial charge on any atom is 0.263 e. The van der Waals surface area contributed by atoms with Gasteiger partial charge in [0.15, 0.2) is 0 Å². The molecule has 0 aliphatic carbocycles. The van der Waals surface area contributed by atoms with Crippen molar-refractivity contribution < 1.29 is 4.79 Å². The third-order valence-electron chi connectivity index (χ3n) is 2.54. The lowest BCUT2D eigenvalue weighted by atomic mass is 10.3. The summed E-state index contributed by atoms with van der Waals surface area (Å²) in [7, 11) is 0. The van der Waals surface area contributed by atoms with Crippen molar-refractivity contribution >= 4 is 34.3 Å². The number of carbonyl (C=O) groups excluding carboxylic acids is 1. The van der Waals surface area contributed by atoms with E-state index in [9.17, 15) is 4.79 Å². The van der Waals surface area contributed by atoms with Crippen molar-refractivity contribution in [2.75, 3.05) is 5.73 Å². The molecule has 0 aromatic carbocycles. The number of amides is 1. The van der Waals surface area contributed by atoms with Crippen LogP contribution in [-0.4, -0.2) is 5.91 Å². The van der Waals surface area contributed by atoms with Crippen LogP contribution in [0.3, 0.4) is 0 Å². The van der Waals surface area contributed by atoms with E-state index in [4.69, 9.17) is 5.73 Å². The number of nitrogens with one attached hydrogen (secondary N) is 1. The first kappa shape index (κ1) is 12.1. The zero-order chi connectivity index (χ0) is 12.4. The number of anilines is 1. The van der Waals surface area contributed by atoms with Gasteiger partial charge < -0.3 is 11.1 Å². The third-order valence-corrected chi connectivity index (χ3v) is 4.62. The molecular formula is C12H14N2OS2. The summed E-state index contributed by atoms with van der Waals surface area (Å²) in [5, 5.41) is 4.71. The van der Waals surface area contributed by atoms with E-state index in [0.717, 1.165) is 0 Å². The van der Waals surface area contributed by atoms with E-state index in [1.165, 1.54) is 26.7 Å². The van der Waals surface area contributed by atoms with Crippen LogP contribution >= 0.6 is 22.7 Å². The molecule has 0 radical (unpaired) electrons. The van der Waals surface area contributed by atoms with Crippen molar-refractivity contribution in [3.05, 3.63) is 37.7 Å². The fourth-order valence-corrected chi connectivity index (χ4v) is 3.22. The predicted molar refractivity (Wildman–Crippen MR) is 73.7 cm³/mol. The van der Waals surface area contributed by atoms with Gasteiger partial charge in [0.1, 0.15) is 4.88 Å². The lowest BCUT2D eigenvalue weighted by molar-refractivity contribution is 0.0956. The largest absolute Gasteiger partial charge is 0.397 e. The molecule has 3 N–H and O–H groups in total. The molecule has 0 unspecified atom stereocenters. The Bertz CT molecular complexity index is 523. The van der Waals surface area contributed by atoms with Gasteiger partial charge in [-0.3, -0.25) is 4.79 Å². The van der Waals surface area contributed by atoms with Gasteiger partial charge >= 0.3 is 0 Å². The maximum absolute atomic E-state index is 11.8. The van der Waals surface area contributed by atoms with E-state index in [1.54, 1.807) is 17.4 Å². The Morgan fingerprint density at radius 1 is 1.47 bits per heavy atom. The van der Waals surface area contributed by atoms with E-state index in [-0.39, 0.29) is 5.91 Å². The van der Waals surface area contributed by atoms with Crippen LogP contribution in [0.2, 0.25) is 0 Å². The van der Waals surface area contributed by atoms with Crippen LogP contribution in [0.5, 0.6) is 0 Å². The standard InChI is InChI=1S/C12H14N2OS2/c1-7-5-9(17-8(7)2)6-14-12(15)11-10(13)3-4-16-11/h3-5H,6,13H2,1-2H3,(H,14,15). The summed E-state index contributed by atoms with van der Waals surface area (Å²) in [6.07, 6.45) is 0. The zero-order valence-corrected chi connectivity index (χ0v) is 11.4. The van der Waals surface area contributed by atoms with Gasteiger partial charge in [-0.2, -0.15) is 0 Å². The second-order valence-electron chi connectivity index (χ2n) is 3.84. The van der Waals surface area contributed by atoms with E-state index in [2.05, 4.69) is 25.2 Å². The number of nitrogen functional groups attached to an aromatic ring is 1. The fourth-order valence-electron chi connectivity index (χ4n) is 1.49. The Morgan fingerprint density at radius 3 is 2.76 bits per heavy atom. The highest BCUT2D eigenvalue weighted by molar-refractivity contribution is 7.12. The minimum atomic E-state index is -0.0961. The van der Waals surface area contributed by atoms with Gasteiger partial charge in [-0.15, -0.1) is 22.7 Å². The average molecular weight is 266 g/mol. The number of thiophene rings is 2. The van der Waals surface area contributed by atoms with Crippen LogP contribution in [0.15, 0.2) is 17.5 Å². The molecule has 2 rings (SSSR count). The van der Waals surface area contributed by atoms with E-state index in [0.29, 0.717) is 17.1 Å². The lowest BCUT2D eigenvalue weighted by Crippen LogP contribution is -2.22. The van der Waals surface area contributed by atoms with Crippen LogP contribution in [0.25, 0.3) is 0 Å². The highest BCUT2D eigenvalue weighted by Crippen LogP contribution is 2.21. The van der Waals surface area contributed by atoms with Crippen molar-refractivity contribution in [1.29, 1.82) is 0 Å². The Morgan fingerprint density at radius 2 is 2.24 bits per heavy atom. The van der Waals surface area contributed by atoms with Gasteiger partial charge in [-0.25, -0.2) is 0 Å². The van der Waals surface area contributed by atoms with Gasteiger partial charge in [-0.1, -0.05) is 0 Å². The minimum absolute atomic E-state index is 0.0961. The average Bonchev–Trinajstić information content (AvgIpc) is 2.83. The summed E-state index contributed by atoms with van der Waals surface area (Å²) >= 11 is 3.08. The Labute approximate surface area is 108 Å². The van der Waals surface area contributed by atoms with Crippen LogP contribution in [0.1, 0.15) is 25.0 Å². The number of rotatable bonds is 3. The summed E-state index contributed by atoms with van der Waals surface area (Å²) in [5.41, 5.74) is 7.51. The molecule has 2 aromatic heterocycles. The molecule has 0 bridgehead atoms. The number of nitrogens with two attached hydrogens (primary N) is 1. The molecule has 17 heavy (non-hydrogen) atoms. The first-order valence-electron chi connectivity index (χ1n) is 5.25. The monoisotopic (exact) mass is 266 g/mol. The van der Waals surface area contributed by atoms with E-state index < -0.39 is 0 Å². The molecule has 90 valence electrons. The molecular weight excluding hydrogens is 252 g/mol. The smallest absolute Gasteiger partial charge is 0.263 e. The zero-order valence-electron chi connectivity index (χ0n) is 9.74. The lowest BCUT2D eigenvalue weighted by Gasteiger charge is -2.02. The van der Waals surface area contributed by atoms with Crippen LogP contribution in [0, 0.1) is 13.8 Å². The maximum atomic E-state index is 11.8.